The van der Waals surface area contributed by atoms with E-state index in [4.69, 9.17) is 4.52 Å². The zero-order chi connectivity index (χ0) is 16.7. The van der Waals surface area contributed by atoms with Crippen LogP contribution in [-0.2, 0) is 11.2 Å². The highest BCUT2D eigenvalue weighted by Crippen LogP contribution is 2.39. The van der Waals surface area contributed by atoms with E-state index < -0.39 is 0 Å². The van der Waals surface area contributed by atoms with Gasteiger partial charge >= 0.3 is 0 Å². The molecule has 1 N–H and O–H groups in total. The topological polar surface area (TPSA) is 68.0 Å². The van der Waals surface area contributed by atoms with Crippen molar-refractivity contribution in [2.45, 2.75) is 55.2 Å². The molecule has 1 amide bonds. The lowest BCUT2D eigenvalue weighted by Crippen LogP contribution is -2.37. The van der Waals surface area contributed by atoms with Gasteiger partial charge in [0, 0.05) is 10.8 Å². The molecule has 1 aromatic heterocycles. The molecule has 0 radical (unpaired) electrons. The van der Waals surface area contributed by atoms with Gasteiger partial charge in [-0.1, -0.05) is 37.2 Å². The summed E-state index contributed by atoms with van der Waals surface area (Å²) < 4.78 is 5.43. The number of nitrogens with one attached hydrogen (secondary N) is 1. The Kier molecular flexibility index (Phi) is 4.08. The van der Waals surface area contributed by atoms with Crippen molar-refractivity contribution in [2.75, 3.05) is 0 Å². The van der Waals surface area contributed by atoms with Crippen LogP contribution < -0.4 is 5.32 Å². The summed E-state index contributed by atoms with van der Waals surface area (Å²) in [5.74, 6) is 2.00. The van der Waals surface area contributed by atoms with Crippen LogP contribution in [0.2, 0.25) is 0 Å². The predicted octanol–water partition coefficient (Wildman–Crippen LogP) is 3.48. The van der Waals surface area contributed by atoms with Crippen LogP contribution >= 0.6 is 11.8 Å². The van der Waals surface area contributed by atoms with Crippen molar-refractivity contribution >= 4 is 17.7 Å². The molecule has 0 spiro atoms. The molecule has 2 aliphatic rings. The molecule has 0 bridgehead atoms. The van der Waals surface area contributed by atoms with Crippen LogP contribution in [-0.4, -0.2) is 21.3 Å². The Balaban J connectivity index is 1.46. The first-order valence-electron chi connectivity index (χ1n) is 8.50. The predicted molar refractivity (Wildman–Crippen MR) is 91.8 cm³/mol. The molecule has 1 aliphatic heterocycles. The number of carbonyl (C=O) groups excluding carboxylic acids is 1. The number of hydrogen-bond acceptors (Lipinski definition) is 5. The van der Waals surface area contributed by atoms with Crippen LogP contribution in [0.25, 0.3) is 0 Å². The number of thioether (sulfide) groups is 1. The van der Waals surface area contributed by atoms with Gasteiger partial charge in [0.2, 0.25) is 11.8 Å². The highest BCUT2D eigenvalue weighted by Gasteiger charge is 2.34. The van der Waals surface area contributed by atoms with Gasteiger partial charge in [0.05, 0.1) is 5.25 Å². The first-order chi connectivity index (χ1) is 11.6. The van der Waals surface area contributed by atoms with Gasteiger partial charge in [-0.2, -0.15) is 4.98 Å². The van der Waals surface area contributed by atoms with E-state index >= 15 is 0 Å². The molecule has 2 atom stereocenters. The minimum atomic E-state index is -0.234. The highest BCUT2D eigenvalue weighted by molar-refractivity contribution is 8.01. The fraction of sp³-hybridized carbons (Fsp3) is 0.500. The Morgan fingerprint density at radius 3 is 2.83 bits per heavy atom. The second-order valence-corrected chi connectivity index (χ2v) is 8.16. The summed E-state index contributed by atoms with van der Waals surface area (Å²) in [6, 6.07) is 7.97. The molecular formula is C18H21N3O2S. The molecule has 0 saturated heterocycles. The maximum absolute atomic E-state index is 12.7. The van der Waals surface area contributed by atoms with Crippen LogP contribution in [0.4, 0.5) is 0 Å². The summed E-state index contributed by atoms with van der Waals surface area (Å²) >= 11 is 1.63. The van der Waals surface area contributed by atoms with Gasteiger partial charge in [-0.25, -0.2) is 0 Å². The number of aromatic nitrogens is 2. The summed E-state index contributed by atoms with van der Waals surface area (Å²) in [6.45, 7) is 4.12. The number of rotatable bonds is 5. The minimum Gasteiger partial charge on any atom is -0.343 e. The van der Waals surface area contributed by atoms with Crippen molar-refractivity contribution in [3.63, 3.8) is 0 Å². The lowest BCUT2D eigenvalue weighted by molar-refractivity contribution is -0.121. The lowest BCUT2D eigenvalue weighted by atomic mass is 10.0. The Hall–Kier alpha value is -1.82. The van der Waals surface area contributed by atoms with E-state index in [1.807, 2.05) is 12.1 Å². The molecule has 126 valence electrons. The summed E-state index contributed by atoms with van der Waals surface area (Å²) in [6.07, 6.45) is 3.04. The third-order valence-electron chi connectivity index (χ3n) is 4.57. The molecule has 5 nitrogen and oxygen atoms in total. The van der Waals surface area contributed by atoms with Crippen molar-refractivity contribution in [3.05, 3.63) is 41.5 Å². The van der Waals surface area contributed by atoms with Gasteiger partial charge in [0.25, 0.3) is 0 Å². The minimum absolute atomic E-state index is 0.0427. The van der Waals surface area contributed by atoms with E-state index in [0.717, 1.165) is 25.1 Å². The first-order valence-corrected chi connectivity index (χ1v) is 9.38. The standard InChI is InChI=1S/C18H21N3O2S/c1-10(2)15(18-20-16(21-23-18)11-7-8-11)19-17(22)14-9-12-5-3-4-6-13(12)24-14/h3-6,10-11,14-15H,7-9H2,1-2H3,(H,19,22). The second-order valence-electron chi connectivity index (χ2n) is 6.91. The molecule has 4 rings (SSSR count). The molecule has 1 saturated carbocycles. The highest BCUT2D eigenvalue weighted by atomic mass is 32.2. The molecule has 24 heavy (non-hydrogen) atoms. The number of fused-ring (bicyclic) bond motifs is 1. The lowest BCUT2D eigenvalue weighted by Gasteiger charge is -2.20. The number of nitrogens with zero attached hydrogens (tertiary/aromatic N) is 2. The van der Waals surface area contributed by atoms with Crippen molar-refractivity contribution in [2.24, 2.45) is 5.92 Å². The maximum Gasteiger partial charge on any atom is 0.249 e. The van der Waals surface area contributed by atoms with Crippen molar-refractivity contribution in [3.8, 4) is 0 Å². The summed E-state index contributed by atoms with van der Waals surface area (Å²) in [5, 5.41) is 7.11. The monoisotopic (exact) mass is 343 g/mol. The SMILES string of the molecule is CC(C)C(NC(=O)C1Cc2ccccc2S1)c1nc(C2CC2)no1. The number of benzene rings is 1. The molecule has 1 fully saturated rings. The quantitative estimate of drug-likeness (QED) is 0.900. The fourth-order valence-corrected chi connectivity index (χ4v) is 4.17. The van der Waals surface area contributed by atoms with Crippen molar-refractivity contribution in [1.82, 2.24) is 15.5 Å². The van der Waals surface area contributed by atoms with E-state index in [1.165, 1.54) is 10.5 Å². The third kappa shape index (κ3) is 3.07. The largest absolute Gasteiger partial charge is 0.343 e. The summed E-state index contributed by atoms with van der Waals surface area (Å²) in [7, 11) is 0. The van der Waals surface area contributed by atoms with Gasteiger partial charge in [-0.15, -0.1) is 11.8 Å². The summed E-state index contributed by atoms with van der Waals surface area (Å²) in [5.41, 5.74) is 1.25. The van der Waals surface area contributed by atoms with Gasteiger partial charge in [0.1, 0.15) is 6.04 Å². The molecule has 6 heteroatoms. The summed E-state index contributed by atoms with van der Waals surface area (Å²) in [4.78, 5) is 18.4. The van der Waals surface area contributed by atoms with Crippen molar-refractivity contribution < 1.29 is 9.32 Å². The van der Waals surface area contributed by atoms with Gasteiger partial charge in [0.15, 0.2) is 5.82 Å². The smallest absolute Gasteiger partial charge is 0.249 e. The average Bonchev–Trinajstić information content (AvgIpc) is 3.14. The number of hydrogen-bond donors (Lipinski definition) is 1. The molecule has 2 heterocycles. The van der Waals surface area contributed by atoms with Crippen LogP contribution in [0.5, 0.6) is 0 Å². The molecule has 2 aromatic rings. The first kappa shape index (κ1) is 15.7. The Labute approximate surface area is 145 Å². The Morgan fingerprint density at radius 1 is 1.33 bits per heavy atom. The number of amides is 1. The normalized spacial score (nSPS) is 20.9. The Morgan fingerprint density at radius 2 is 2.12 bits per heavy atom. The van der Waals surface area contributed by atoms with Gasteiger partial charge in [-0.3, -0.25) is 4.79 Å². The molecule has 1 aliphatic carbocycles. The van der Waals surface area contributed by atoms with E-state index in [2.05, 4.69) is 41.4 Å². The average molecular weight is 343 g/mol. The zero-order valence-electron chi connectivity index (χ0n) is 13.9. The molecule has 1 aromatic carbocycles. The van der Waals surface area contributed by atoms with E-state index in [1.54, 1.807) is 11.8 Å². The zero-order valence-corrected chi connectivity index (χ0v) is 14.7. The van der Waals surface area contributed by atoms with Crippen LogP contribution in [0.1, 0.15) is 55.9 Å². The third-order valence-corrected chi connectivity index (χ3v) is 5.89. The Bertz CT molecular complexity index is 729. The van der Waals surface area contributed by atoms with E-state index in [-0.39, 0.29) is 23.1 Å². The van der Waals surface area contributed by atoms with Gasteiger partial charge < -0.3 is 9.84 Å². The van der Waals surface area contributed by atoms with Crippen LogP contribution in [0, 0.1) is 5.92 Å². The molecule has 2 unspecified atom stereocenters. The maximum atomic E-state index is 12.7. The fourth-order valence-electron chi connectivity index (χ4n) is 2.97. The van der Waals surface area contributed by atoms with Crippen LogP contribution in [0.3, 0.4) is 0 Å². The van der Waals surface area contributed by atoms with E-state index in [9.17, 15) is 4.79 Å². The van der Waals surface area contributed by atoms with Crippen LogP contribution in [0.15, 0.2) is 33.7 Å². The molecular weight excluding hydrogens is 322 g/mol. The van der Waals surface area contributed by atoms with Gasteiger partial charge in [-0.05, 0) is 36.8 Å². The van der Waals surface area contributed by atoms with E-state index in [0.29, 0.717) is 11.8 Å². The second kappa shape index (κ2) is 6.24. The van der Waals surface area contributed by atoms with Crippen molar-refractivity contribution in [1.29, 1.82) is 0 Å². The number of carbonyl (C=O) groups is 1.